The van der Waals surface area contributed by atoms with Crippen molar-refractivity contribution in [3.63, 3.8) is 0 Å². The predicted octanol–water partition coefficient (Wildman–Crippen LogP) is 3.68. The van der Waals surface area contributed by atoms with Gasteiger partial charge < -0.3 is 10.1 Å². The van der Waals surface area contributed by atoms with Crippen molar-refractivity contribution in [2.24, 2.45) is 0 Å². The summed E-state index contributed by atoms with van der Waals surface area (Å²) in [6.45, 7) is 6.40. The van der Waals surface area contributed by atoms with Gasteiger partial charge in [0.1, 0.15) is 0 Å². The average Bonchev–Trinajstić information content (AvgIpc) is 2.58. The van der Waals surface area contributed by atoms with Gasteiger partial charge in [0.25, 0.3) is 5.91 Å². The van der Waals surface area contributed by atoms with E-state index in [9.17, 15) is 4.79 Å². The molecule has 0 spiro atoms. The van der Waals surface area contributed by atoms with Gasteiger partial charge in [-0.1, -0.05) is 24.3 Å². The highest BCUT2D eigenvalue weighted by Gasteiger charge is 2.13. The van der Waals surface area contributed by atoms with Crippen LogP contribution in [-0.2, 0) is 11.3 Å². The smallest absolute Gasteiger partial charge is 0.256 e. The molecule has 24 heavy (non-hydrogen) atoms. The summed E-state index contributed by atoms with van der Waals surface area (Å²) < 4.78 is 6.38. The van der Waals surface area contributed by atoms with E-state index in [0.717, 1.165) is 47.7 Å². The molecule has 1 saturated heterocycles. The van der Waals surface area contributed by atoms with E-state index >= 15 is 0 Å². The quantitative estimate of drug-likeness (QED) is 0.744. The van der Waals surface area contributed by atoms with Crippen molar-refractivity contribution in [1.29, 1.82) is 0 Å². The van der Waals surface area contributed by atoms with Gasteiger partial charge in [-0.05, 0) is 58.8 Å². The Hall–Kier alpha value is -1.44. The first-order valence-corrected chi connectivity index (χ1v) is 9.17. The molecule has 0 unspecified atom stereocenters. The first-order valence-electron chi connectivity index (χ1n) is 8.09. The third-order valence-corrected chi connectivity index (χ3v) is 5.56. The van der Waals surface area contributed by atoms with E-state index in [0.29, 0.717) is 5.56 Å². The van der Waals surface area contributed by atoms with Crippen molar-refractivity contribution in [2.45, 2.75) is 13.5 Å². The summed E-state index contributed by atoms with van der Waals surface area (Å²) in [5.41, 5.74) is 3.87. The van der Waals surface area contributed by atoms with E-state index in [4.69, 9.17) is 4.74 Å². The van der Waals surface area contributed by atoms with Crippen LogP contribution >= 0.6 is 22.6 Å². The van der Waals surface area contributed by atoms with E-state index in [1.54, 1.807) is 0 Å². The third-order valence-electron chi connectivity index (χ3n) is 4.13. The standard InChI is InChI=1S/C19H21IN2O2/c1-14-4-2-7-17(18(14)20)19(23)21-16-6-3-5-15(12-16)13-22-8-10-24-11-9-22/h2-7,12H,8-11,13H2,1H3,(H,21,23). The van der Waals surface area contributed by atoms with E-state index in [-0.39, 0.29) is 5.91 Å². The molecular weight excluding hydrogens is 415 g/mol. The lowest BCUT2D eigenvalue weighted by molar-refractivity contribution is 0.0342. The number of hydrogen-bond donors (Lipinski definition) is 1. The Bertz CT molecular complexity index is 727. The zero-order valence-electron chi connectivity index (χ0n) is 13.7. The number of morpholine rings is 1. The molecule has 2 aromatic rings. The fraction of sp³-hybridized carbons (Fsp3) is 0.316. The summed E-state index contributed by atoms with van der Waals surface area (Å²) in [5.74, 6) is -0.0633. The number of carbonyl (C=O) groups excluding carboxylic acids is 1. The Morgan fingerprint density at radius 1 is 1.21 bits per heavy atom. The largest absolute Gasteiger partial charge is 0.379 e. The number of rotatable bonds is 4. The minimum atomic E-state index is -0.0633. The maximum absolute atomic E-state index is 12.5. The highest BCUT2D eigenvalue weighted by atomic mass is 127. The molecule has 0 aliphatic carbocycles. The number of hydrogen-bond acceptors (Lipinski definition) is 3. The van der Waals surface area contributed by atoms with Gasteiger partial charge in [0.05, 0.1) is 18.8 Å². The van der Waals surface area contributed by atoms with Gasteiger partial charge in [0, 0.05) is 28.9 Å². The van der Waals surface area contributed by atoms with E-state index in [2.05, 4.69) is 44.9 Å². The van der Waals surface area contributed by atoms with Crippen LogP contribution in [-0.4, -0.2) is 37.1 Å². The van der Waals surface area contributed by atoms with Crippen LogP contribution in [0.25, 0.3) is 0 Å². The van der Waals surface area contributed by atoms with Crippen molar-refractivity contribution in [3.8, 4) is 0 Å². The van der Waals surface area contributed by atoms with Crippen LogP contribution in [0.15, 0.2) is 42.5 Å². The Balaban J connectivity index is 1.69. The van der Waals surface area contributed by atoms with Gasteiger partial charge >= 0.3 is 0 Å². The molecule has 0 atom stereocenters. The van der Waals surface area contributed by atoms with Gasteiger partial charge in [0.2, 0.25) is 0 Å². The van der Waals surface area contributed by atoms with Crippen LogP contribution in [0.2, 0.25) is 0 Å². The number of nitrogens with one attached hydrogen (secondary N) is 1. The molecule has 1 fully saturated rings. The highest BCUT2D eigenvalue weighted by Crippen LogP contribution is 2.19. The molecule has 1 heterocycles. The van der Waals surface area contributed by atoms with Crippen LogP contribution < -0.4 is 5.32 Å². The lowest BCUT2D eigenvalue weighted by Gasteiger charge is -2.26. The van der Waals surface area contributed by atoms with Gasteiger partial charge in [-0.2, -0.15) is 0 Å². The van der Waals surface area contributed by atoms with Gasteiger partial charge in [-0.3, -0.25) is 9.69 Å². The fourth-order valence-electron chi connectivity index (χ4n) is 2.79. The second kappa shape index (κ2) is 8.09. The molecule has 4 nitrogen and oxygen atoms in total. The van der Waals surface area contributed by atoms with Gasteiger partial charge in [0.15, 0.2) is 0 Å². The SMILES string of the molecule is Cc1cccc(C(=O)Nc2cccc(CN3CCOCC3)c2)c1I. The van der Waals surface area contributed by atoms with Crippen LogP contribution in [0.1, 0.15) is 21.5 Å². The molecule has 5 heteroatoms. The molecule has 0 saturated carbocycles. The number of halogens is 1. The van der Waals surface area contributed by atoms with Crippen molar-refractivity contribution in [2.75, 3.05) is 31.6 Å². The second-order valence-corrected chi connectivity index (χ2v) is 7.06. The lowest BCUT2D eigenvalue weighted by Crippen LogP contribution is -2.35. The molecule has 1 aliphatic heterocycles. The number of nitrogens with zero attached hydrogens (tertiary/aromatic N) is 1. The summed E-state index contributed by atoms with van der Waals surface area (Å²) in [5, 5.41) is 3.02. The molecule has 2 aromatic carbocycles. The van der Waals surface area contributed by atoms with Crippen LogP contribution in [0.3, 0.4) is 0 Å². The summed E-state index contributed by atoms with van der Waals surface area (Å²) in [6, 6.07) is 13.9. The number of amides is 1. The summed E-state index contributed by atoms with van der Waals surface area (Å²) in [7, 11) is 0. The minimum absolute atomic E-state index is 0.0633. The Morgan fingerprint density at radius 2 is 1.96 bits per heavy atom. The van der Waals surface area contributed by atoms with Crippen molar-refractivity contribution < 1.29 is 9.53 Å². The van der Waals surface area contributed by atoms with Crippen LogP contribution in [0.4, 0.5) is 5.69 Å². The topological polar surface area (TPSA) is 41.6 Å². The zero-order chi connectivity index (χ0) is 16.9. The Labute approximate surface area is 156 Å². The lowest BCUT2D eigenvalue weighted by atomic mass is 10.1. The minimum Gasteiger partial charge on any atom is -0.379 e. The van der Waals surface area contributed by atoms with E-state index in [1.807, 2.05) is 37.3 Å². The summed E-state index contributed by atoms with van der Waals surface area (Å²) >= 11 is 2.23. The molecule has 0 bridgehead atoms. The maximum atomic E-state index is 12.5. The molecule has 3 rings (SSSR count). The zero-order valence-corrected chi connectivity index (χ0v) is 15.9. The average molecular weight is 436 g/mol. The van der Waals surface area contributed by atoms with Crippen LogP contribution in [0, 0.1) is 10.5 Å². The Kier molecular flexibility index (Phi) is 5.86. The molecule has 1 N–H and O–H groups in total. The van der Waals surface area contributed by atoms with Crippen LogP contribution in [0.5, 0.6) is 0 Å². The highest BCUT2D eigenvalue weighted by molar-refractivity contribution is 14.1. The molecule has 126 valence electrons. The van der Waals surface area contributed by atoms with E-state index in [1.165, 1.54) is 5.56 Å². The first-order chi connectivity index (χ1) is 11.6. The van der Waals surface area contributed by atoms with Crippen molar-refractivity contribution in [1.82, 2.24) is 4.90 Å². The van der Waals surface area contributed by atoms with E-state index < -0.39 is 0 Å². The summed E-state index contributed by atoms with van der Waals surface area (Å²) in [6.07, 6.45) is 0. The monoisotopic (exact) mass is 436 g/mol. The Morgan fingerprint density at radius 3 is 2.75 bits per heavy atom. The van der Waals surface area contributed by atoms with Crippen molar-refractivity contribution >= 4 is 34.2 Å². The van der Waals surface area contributed by atoms with Crippen molar-refractivity contribution in [3.05, 3.63) is 62.7 Å². The normalized spacial score (nSPS) is 15.2. The first kappa shape index (κ1) is 17.4. The number of benzene rings is 2. The molecule has 0 aromatic heterocycles. The van der Waals surface area contributed by atoms with Gasteiger partial charge in [-0.15, -0.1) is 0 Å². The maximum Gasteiger partial charge on any atom is 0.256 e. The number of ether oxygens (including phenoxy) is 1. The molecular formula is C19H21IN2O2. The predicted molar refractivity (Wildman–Crippen MR) is 104 cm³/mol. The fourth-order valence-corrected chi connectivity index (χ4v) is 3.39. The summed E-state index contributed by atoms with van der Waals surface area (Å²) in [4.78, 5) is 14.9. The number of carbonyl (C=O) groups is 1. The van der Waals surface area contributed by atoms with Gasteiger partial charge in [-0.25, -0.2) is 0 Å². The second-order valence-electron chi connectivity index (χ2n) is 5.98. The number of aryl methyl sites for hydroxylation is 1. The molecule has 1 aliphatic rings. The molecule has 0 radical (unpaired) electrons. The molecule has 1 amide bonds. The third kappa shape index (κ3) is 4.34. The number of anilines is 1.